The number of amides is 4. The second-order valence-electron chi connectivity index (χ2n) is 12.5. The zero-order chi connectivity index (χ0) is 32.5. The molecule has 5 rings (SSSR count). The van der Waals surface area contributed by atoms with Gasteiger partial charge in [0.2, 0.25) is 0 Å². The molecule has 46 heavy (non-hydrogen) atoms. The van der Waals surface area contributed by atoms with Crippen molar-refractivity contribution < 1.29 is 9.59 Å². The average Bonchev–Trinajstić information content (AvgIpc) is 3.48. The maximum absolute atomic E-state index is 13.8. The van der Waals surface area contributed by atoms with Crippen LogP contribution in [-0.2, 0) is 13.1 Å². The van der Waals surface area contributed by atoms with Crippen molar-refractivity contribution in [2.24, 2.45) is 0 Å². The molecule has 0 radical (unpaired) electrons. The third-order valence-electron chi connectivity index (χ3n) is 9.09. The van der Waals surface area contributed by atoms with Crippen molar-refractivity contribution >= 4 is 69.8 Å². The van der Waals surface area contributed by atoms with Crippen LogP contribution in [-0.4, -0.2) is 33.9 Å². The molecule has 2 saturated carbocycles. The lowest BCUT2D eigenvalue weighted by Gasteiger charge is -2.33. The Morgan fingerprint density at radius 2 is 0.957 bits per heavy atom. The van der Waals surface area contributed by atoms with E-state index >= 15 is 0 Å². The van der Waals surface area contributed by atoms with E-state index in [0.29, 0.717) is 44.6 Å². The SMILES string of the molecule is O=C(Nc1cc(Cl)ccc1Cl)N(Cc1cccc(CN(C(=O)Nc2cc(Cl)ccc2Cl)C2CCCCCC2)c1)C1CCCCCC1. The highest BCUT2D eigenvalue weighted by atomic mass is 35.5. The van der Waals surface area contributed by atoms with Crippen molar-refractivity contribution in [2.45, 2.75) is 102 Å². The molecule has 0 spiro atoms. The molecule has 0 unspecified atom stereocenters. The first-order chi connectivity index (χ1) is 22.3. The molecule has 0 aromatic heterocycles. The van der Waals surface area contributed by atoms with Crippen molar-refractivity contribution in [1.82, 2.24) is 9.80 Å². The van der Waals surface area contributed by atoms with Crippen LogP contribution in [0.3, 0.4) is 0 Å². The van der Waals surface area contributed by atoms with Gasteiger partial charge in [-0.2, -0.15) is 0 Å². The van der Waals surface area contributed by atoms with Gasteiger partial charge in [-0.05, 0) is 73.2 Å². The van der Waals surface area contributed by atoms with Gasteiger partial charge in [0, 0.05) is 35.2 Å². The van der Waals surface area contributed by atoms with E-state index < -0.39 is 0 Å². The van der Waals surface area contributed by atoms with Gasteiger partial charge in [0.05, 0.1) is 21.4 Å². The van der Waals surface area contributed by atoms with E-state index in [4.69, 9.17) is 46.4 Å². The number of urea groups is 2. The summed E-state index contributed by atoms with van der Waals surface area (Å²) in [4.78, 5) is 31.6. The van der Waals surface area contributed by atoms with Crippen LogP contribution in [0, 0.1) is 0 Å². The van der Waals surface area contributed by atoms with Gasteiger partial charge in [0.25, 0.3) is 0 Å². The quantitative estimate of drug-likeness (QED) is 0.229. The maximum Gasteiger partial charge on any atom is 0.322 e. The molecule has 2 aliphatic rings. The molecule has 2 N–H and O–H groups in total. The number of carbonyl (C=O) groups excluding carboxylic acids is 2. The number of carbonyl (C=O) groups is 2. The minimum absolute atomic E-state index is 0.111. The third kappa shape index (κ3) is 9.70. The normalized spacial score (nSPS) is 16.3. The summed E-state index contributed by atoms with van der Waals surface area (Å²) in [5.41, 5.74) is 3.01. The Morgan fingerprint density at radius 3 is 1.35 bits per heavy atom. The lowest BCUT2D eigenvalue weighted by molar-refractivity contribution is 0.174. The lowest BCUT2D eigenvalue weighted by atomic mass is 10.0. The van der Waals surface area contributed by atoms with Crippen molar-refractivity contribution in [2.75, 3.05) is 10.6 Å². The summed E-state index contributed by atoms with van der Waals surface area (Å²) in [6.07, 6.45) is 12.9. The van der Waals surface area contributed by atoms with Gasteiger partial charge in [-0.3, -0.25) is 0 Å². The van der Waals surface area contributed by atoms with E-state index in [1.54, 1.807) is 36.4 Å². The van der Waals surface area contributed by atoms with Gasteiger partial charge < -0.3 is 20.4 Å². The van der Waals surface area contributed by atoms with Gasteiger partial charge in [0.1, 0.15) is 0 Å². The van der Waals surface area contributed by atoms with Gasteiger partial charge in [-0.1, -0.05) is 122 Å². The Bertz CT molecular complexity index is 1380. The zero-order valence-electron chi connectivity index (χ0n) is 26.1. The van der Waals surface area contributed by atoms with E-state index in [-0.39, 0.29) is 24.1 Å². The Balaban J connectivity index is 1.38. The number of halogens is 4. The van der Waals surface area contributed by atoms with Crippen LogP contribution < -0.4 is 10.6 Å². The maximum atomic E-state index is 13.8. The molecule has 3 aromatic rings. The molecule has 10 heteroatoms. The van der Waals surface area contributed by atoms with Gasteiger partial charge in [0.15, 0.2) is 0 Å². The van der Waals surface area contributed by atoms with Crippen molar-refractivity contribution in [3.63, 3.8) is 0 Å². The van der Waals surface area contributed by atoms with E-state index in [2.05, 4.69) is 28.8 Å². The number of rotatable bonds is 8. The van der Waals surface area contributed by atoms with Crippen molar-refractivity contribution in [3.8, 4) is 0 Å². The van der Waals surface area contributed by atoms with Crippen LogP contribution >= 0.6 is 46.4 Å². The van der Waals surface area contributed by atoms with Crippen molar-refractivity contribution in [3.05, 3.63) is 91.9 Å². The molecule has 2 fully saturated rings. The minimum atomic E-state index is -0.195. The largest absolute Gasteiger partial charge is 0.322 e. The number of anilines is 2. The van der Waals surface area contributed by atoms with E-state index in [0.717, 1.165) is 62.5 Å². The van der Waals surface area contributed by atoms with Crippen LogP contribution in [0.5, 0.6) is 0 Å². The first-order valence-electron chi connectivity index (χ1n) is 16.4. The number of benzene rings is 3. The molecular formula is C36H42Cl4N4O2. The molecule has 0 saturated heterocycles. The van der Waals surface area contributed by atoms with Crippen LogP contribution in [0.1, 0.15) is 88.2 Å². The fourth-order valence-electron chi connectivity index (χ4n) is 6.65. The molecular weight excluding hydrogens is 662 g/mol. The highest BCUT2D eigenvalue weighted by Crippen LogP contribution is 2.31. The average molecular weight is 705 g/mol. The molecule has 0 atom stereocenters. The van der Waals surface area contributed by atoms with E-state index in [9.17, 15) is 9.59 Å². The number of hydrogen-bond donors (Lipinski definition) is 2. The Hall–Kier alpha value is -2.64. The third-order valence-corrected chi connectivity index (χ3v) is 10.2. The van der Waals surface area contributed by atoms with Gasteiger partial charge in [-0.25, -0.2) is 9.59 Å². The van der Waals surface area contributed by atoms with Gasteiger partial charge in [-0.15, -0.1) is 0 Å². The molecule has 3 aromatic carbocycles. The number of nitrogens with one attached hydrogen (secondary N) is 2. The van der Waals surface area contributed by atoms with Gasteiger partial charge >= 0.3 is 12.1 Å². The molecule has 6 nitrogen and oxygen atoms in total. The number of hydrogen-bond acceptors (Lipinski definition) is 2. The molecule has 0 aliphatic heterocycles. The fourth-order valence-corrected chi connectivity index (χ4v) is 7.33. The fraction of sp³-hybridized carbons (Fsp3) is 0.444. The Morgan fingerprint density at radius 1 is 0.565 bits per heavy atom. The summed E-state index contributed by atoms with van der Waals surface area (Å²) in [6.45, 7) is 0.881. The first kappa shape index (κ1) is 34.7. The topological polar surface area (TPSA) is 64.7 Å². The van der Waals surface area contributed by atoms with E-state index in [1.807, 2.05) is 15.9 Å². The highest BCUT2D eigenvalue weighted by molar-refractivity contribution is 6.36. The van der Waals surface area contributed by atoms with Crippen LogP contribution in [0.25, 0.3) is 0 Å². The Kier molecular flexibility index (Phi) is 12.8. The van der Waals surface area contributed by atoms with Crippen LogP contribution in [0.15, 0.2) is 60.7 Å². The first-order valence-corrected chi connectivity index (χ1v) is 17.9. The second-order valence-corrected chi connectivity index (χ2v) is 14.2. The molecule has 246 valence electrons. The second kappa shape index (κ2) is 17.0. The lowest BCUT2D eigenvalue weighted by Crippen LogP contribution is -2.43. The highest BCUT2D eigenvalue weighted by Gasteiger charge is 2.28. The summed E-state index contributed by atoms with van der Waals surface area (Å²) in [6, 6.07) is 18.2. The van der Waals surface area contributed by atoms with Crippen LogP contribution in [0.2, 0.25) is 20.1 Å². The summed E-state index contributed by atoms with van der Waals surface area (Å²) >= 11 is 25.3. The summed E-state index contributed by atoms with van der Waals surface area (Å²) in [5, 5.41) is 7.94. The van der Waals surface area contributed by atoms with E-state index in [1.165, 1.54) is 25.7 Å². The number of nitrogens with zero attached hydrogens (tertiary/aromatic N) is 2. The Labute approximate surface area is 292 Å². The zero-order valence-corrected chi connectivity index (χ0v) is 29.1. The molecule has 0 heterocycles. The monoisotopic (exact) mass is 702 g/mol. The summed E-state index contributed by atoms with van der Waals surface area (Å²) < 4.78 is 0. The smallest absolute Gasteiger partial charge is 0.317 e. The molecule has 0 bridgehead atoms. The van der Waals surface area contributed by atoms with Crippen LogP contribution in [0.4, 0.5) is 21.0 Å². The predicted molar refractivity (Wildman–Crippen MR) is 191 cm³/mol. The standard InChI is InChI=1S/C36H42Cl4N4O2/c37-27-16-18-31(39)33(21-27)41-35(45)43(29-12-5-1-2-6-13-29)23-25-10-9-11-26(20-25)24-44(30-14-7-3-4-8-15-30)36(46)42-34-22-28(38)17-19-32(34)40/h9-11,16-22,29-30H,1-8,12-15,23-24H2,(H,41,45)(H,42,46). The predicted octanol–water partition coefficient (Wildman–Crippen LogP) is 11.8. The summed E-state index contributed by atoms with van der Waals surface area (Å²) in [7, 11) is 0. The summed E-state index contributed by atoms with van der Waals surface area (Å²) in [5.74, 6) is 0. The molecule has 2 aliphatic carbocycles. The minimum Gasteiger partial charge on any atom is -0.317 e. The molecule has 4 amide bonds. The van der Waals surface area contributed by atoms with Crippen molar-refractivity contribution in [1.29, 1.82) is 0 Å².